The number of carbonyl (C=O) groups is 3. The van der Waals surface area contributed by atoms with E-state index in [2.05, 4.69) is 26.7 Å². The number of aromatic amines is 1. The van der Waals surface area contributed by atoms with Gasteiger partial charge in [0.25, 0.3) is 5.91 Å². The Morgan fingerprint density at radius 1 is 1.10 bits per heavy atom. The highest BCUT2D eigenvalue weighted by molar-refractivity contribution is 6.40. The number of piperidine rings is 1. The molecule has 0 spiro atoms. The lowest BCUT2D eigenvalue weighted by Gasteiger charge is -2.38. The monoisotopic (exact) mass is 582 g/mol. The van der Waals surface area contributed by atoms with Crippen molar-refractivity contribution in [3.05, 3.63) is 91.9 Å². The van der Waals surface area contributed by atoms with Crippen molar-refractivity contribution >= 4 is 46.9 Å². The van der Waals surface area contributed by atoms with E-state index in [0.29, 0.717) is 12.8 Å². The van der Waals surface area contributed by atoms with Gasteiger partial charge in [0, 0.05) is 31.3 Å². The molecule has 0 saturated carbocycles. The van der Waals surface area contributed by atoms with Gasteiger partial charge in [-0.1, -0.05) is 59.6 Å². The maximum Gasteiger partial charge on any atom is 0.346 e. The summed E-state index contributed by atoms with van der Waals surface area (Å²) in [5, 5.41) is 24.9. The number of aromatic nitrogens is 2. The van der Waals surface area contributed by atoms with Crippen LogP contribution in [0, 0.1) is 11.3 Å². The third-order valence-corrected chi connectivity index (χ3v) is 7.41. The van der Waals surface area contributed by atoms with Crippen molar-refractivity contribution in [3.63, 3.8) is 0 Å². The number of hydrogen-bond acceptors (Lipinski definition) is 6. The van der Waals surface area contributed by atoms with Crippen molar-refractivity contribution in [2.75, 3.05) is 18.4 Å². The third-order valence-electron chi connectivity index (χ3n) is 6.78. The summed E-state index contributed by atoms with van der Waals surface area (Å²) in [4.78, 5) is 57.3. The highest BCUT2D eigenvalue weighted by Gasteiger charge is 2.38. The molecule has 0 bridgehead atoms. The van der Waals surface area contributed by atoms with Crippen LogP contribution in [0.15, 0.2) is 59.5 Å². The first kappa shape index (κ1) is 28.6. The minimum Gasteiger partial charge on any atom is -0.480 e. The first-order valence-electron chi connectivity index (χ1n) is 12.2. The molecule has 1 saturated heterocycles. The minimum absolute atomic E-state index is 0.0356. The summed E-state index contributed by atoms with van der Waals surface area (Å²) in [6.07, 6.45) is 1.59. The topological polar surface area (TPSA) is 168 Å². The number of carboxylic acid groups (broad SMARTS) is 1. The summed E-state index contributed by atoms with van der Waals surface area (Å²) in [5.74, 6) is -2.18. The number of nitrogens with one attached hydrogen (secondary N) is 3. The molecule has 11 nitrogen and oxygen atoms in total. The maximum absolute atomic E-state index is 13.0. The minimum atomic E-state index is -1.42. The molecule has 3 amide bonds. The van der Waals surface area contributed by atoms with Crippen molar-refractivity contribution < 1.29 is 19.5 Å². The van der Waals surface area contributed by atoms with Gasteiger partial charge in [-0.25, -0.2) is 19.4 Å². The molecule has 13 heteroatoms. The number of halogens is 2. The molecular formula is C27H24Cl2N6O5. The number of hydrogen-bond donors (Lipinski definition) is 4. The zero-order chi connectivity index (χ0) is 28.9. The molecule has 4 rings (SSSR count). The predicted octanol–water partition coefficient (Wildman–Crippen LogP) is 3.59. The predicted molar refractivity (Wildman–Crippen MR) is 147 cm³/mol. The second kappa shape index (κ2) is 12.2. The van der Waals surface area contributed by atoms with Gasteiger partial charge in [0.05, 0.1) is 27.1 Å². The van der Waals surface area contributed by atoms with Crippen LogP contribution in [0.25, 0.3) is 0 Å². The molecule has 0 radical (unpaired) electrons. The lowest BCUT2D eigenvalue weighted by molar-refractivity contribution is -0.139. The van der Waals surface area contributed by atoms with Gasteiger partial charge in [-0.2, -0.15) is 5.26 Å². The van der Waals surface area contributed by atoms with Gasteiger partial charge in [0.15, 0.2) is 0 Å². The fourth-order valence-electron chi connectivity index (χ4n) is 4.55. The summed E-state index contributed by atoms with van der Waals surface area (Å²) in [6, 6.07) is 14.2. The van der Waals surface area contributed by atoms with Gasteiger partial charge in [-0.05, 0) is 30.5 Å². The molecule has 1 aromatic heterocycles. The van der Waals surface area contributed by atoms with Gasteiger partial charge in [-0.15, -0.1) is 0 Å². The number of carbonyl (C=O) groups excluding carboxylic acids is 2. The van der Waals surface area contributed by atoms with Crippen molar-refractivity contribution in [3.8, 4) is 6.07 Å². The highest BCUT2D eigenvalue weighted by atomic mass is 35.5. The number of rotatable bonds is 7. The van der Waals surface area contributed by atoms with Crippen LogP contribution in [0.2, 0.25) is 10.0 Å². The van der Waals surface area contributed by atoms with E-state index >= 15 is 0 Å². The van der Waals surface area contributed by atoms with Crippen LogP contribution < -0.4 is 16.3 Å². The van der Waals surface area contributed by atoms with E-state index in [1.165, 1.54) is 17.0 Å². The molecule has 0 aliphatic carbocycles. The summed E-state index contributed by atoms with van der Waals surface area (Å²) >= 11 is 12.2. The fraction of sp³-hybridized carbons (Fsp3) is 0.259. The van der Waals surface area contributed by atoms with Crippen molar-refractivity contribution in [2.24, 2.45) is 0 Å². The second-order valence-electron chi connectivity index (χ2n) is 9.23. The van der Waals surface area contributed by atoms with Crippen LogP contribution in [0.3, 0.4) is 0 Å². The molecule has 2 heterocycles. The summed E-state index contributed by atoms with van der Waals surface area (Å²) < 4.78 is 0. The van der Waals surface area contributed by atoms with Crippen molar-refractivity contribution in [1.82, 2.24) is 20.2 Å². The van der Waals surface area contributed by atoms with E-state index < -0.39 is 35.1 Å². The molecule has 1 aliphatic heterocycles. The zero-order valence-electron chi connectivity index (χ0n) is 21.0. The number of likely N-dealkylation sites (tertiary alicyclic amines) is 1. The number of H-pyrrole nitrogens is 1. The highest BCUT2D eigenvalue weighted by Crippen LogP contribution is 2.35. The Hall–Kier alpha value is -4.40. The number of nitrogens with zero attached hydrogens (tertiary/aromatic N) is 3. The molecule has 40 heavy (non-hydrogen) atoms. The zero-order valence-corrected chi connectivity index (χ0v) is 22.5. The molecule has 2 aromatic carbocycles. The van der Waals surface area contributed by atoms with Crippen molar-refractivity contribution in [2.45, 2.75) is 30.7 Å². The number of anilines is 1. The average molecular weight is 583 g/mol. The number of carboxylic acids is 1. The fourth-order valence-corrected chi connectivity index (χ4v) is 5.12. The van der Waals surface area contributed by atoms with E-state index in [0.717, 1.165) is 11.8 Å². The third kappa shape index (κ3) is 6.25. The van der Waals surface area contributed by atoms with Crippen LogP contribution in [0.1, 0.15) is 34.3 Å². The van der Waals surface area contributed by atoms with Crippen LogP contribution in [-0.2, 0) is 16.6 Å². The molecule has 206 valence electrons. The van der Waals surface area contributed by atoms with Crippen LogP contribution in [0.5, 0.6) is 0 Å². The summed E-state index contributed by atoms with van der Waals surface area (Å²) in [5.41, 5.74) is -0.530. The van der Waals surface area contributed by atoms with Gasteiger partial charge >= 0.3 is 17.7 Å². The Balaban J connectivity index is 1.47. The van der Waals surface area contributed by atoms with Gasteiger partial charge in [0.2, 0.25) is 0 Å². The van der Waals surface area contributed by atoms with E-state index in [-0.39, 0.29) is 46.5 Å². The standard InChI is InChI=1S/C27H24Cl2N6O5/c28-18-7-4-8-19(29)21(18)23(36)33-22-16(14-31-25(39)34-22)13-20(24(37)38)32-26(40)35-11-9-27(15-30,10-12-35)17-5-2-1-3-6-17/h1-8,14,20H,9-13H2,(H,32,40)(H,37,38)(H2,31,33,34,36,39). The first-order valence-corrected chi connectivity index (χ1v) is 13.0. The quantitative estimate of drug-likeness (QED) is 0.330. The van der Waals surface area contributed by atoms with Crippen molar-refractivity contribution in [1.29, 1.82) is 5.26 Å². The average Bonchev–Trinajstić information content (AvgIpc) is 2.94. The van der Waals surface area contributed by atoms with Gasteiger partial charge in [-0.3, -0.25) is 9.78 Å². The number of amides is 3. The Kier molecular flexibility index (Phi) is 8.72. The molecule has 1 fully saturated rings. The van der Waals surface area contributed by atoms with Crippen LogP contribution >= 0.6 is 23.2 Å². The van der Waals surface area contributed by atoms with Crippen LogP contribution in [-0.4, -0.2) is 57.0 Å². The first-order chi connectivity index (χ1) is 19.1. The largest absolute Gasteiger partial charge is 0.480 e. The van der Waals surface area contributed by atoms with E-state index in [1.807, 2.05) is 30.3 Å². The Bertz CT molecular complexity index is 1510. The lowest BCUT2D eigenvalue weighted by Crippen LogP contribution is -2.52. The molecule has 1 unspecified atom stereocenters. The van der Waals surface area contributed by atoms with Gasteiger partial charge in [0.1, 0.15) is 11.9 Å². The molecule has 1 aliphatic rings. The van der Waals surface area contributed by atoms with E-state index in [4.69, 9.17) is 23.2 Å². The van der Waals surface area contributed by atoms with Crippen LogP contribution in [0.4, 0.5) is 10.6 Å². The molecule has 4 N–H and O–H groups in total. The number of nitriles is 1. The normalized spacial score (nSPS) is 15.0. The smallest absolute Gasteiger partial charge is 0.346 e. The Morgan fingerprint density at radius 3 is 2.35 bits per heavy atom. The summed E-state index contributed by atoms with van der Waals surface area (Å²) in [7, 11) is 0. The second-order valence-corrected chi connectivity index (χ2v) is 10.0. The number of aliphatic carboxylic acids is 1. The molecule has 3 aromatic rings. The Labute approximate surface area is 238 Å². The lowest BCUT2D eigenvalue weighted by atomic mass is 9.74. The van der Waals surface area contributed by atoms with Gasteiger partial charge < -0.3 is 20.6 Å². The Morgan fingerprint density at radius 2 is 1.75 bits per heavy atom. The summed E-state index contributed by atoms with van der Waals surface area (Å²) in [6.45, 7) is 0.501. The number of benzene rings is 2. The van der Waals surface area contributed by atoms with E-state index in [9.17, 15) is 29.5 Å². The number of urea groups is 1. The maximum atomic E-state index is 13.0. The SMILES string of the molecule is N#CC1(c2ccccc2)CCN(C(=O)NC(Cc2cnc(=O)[nH]c2NC(=O)c2c(Cl)cccc2Cl)C(=O)O)CC1. The molecular weight excluding hydrogens is 559 g/mol. The molecule has 1 atom stereocenters. The van der Waals surface area contributed by atoms with E-state index in [1.54, 1.807) is 6.07 Å².